The van der Waals surface area contributed by atoms with Gasteiger partial charge in [0.1, 0.15) is 0 Å². The number of benzene rings is 2. The van der Waals surface area contributed by atoms with Gasteiger partial charge in [-0.1, -0.05) is 37.3 Å². The van der Waals surface area contributed by atoms with Gasteiger partial charge in [0.25, 0.3) is 0 Å². The molecule has 0 aliphatic heterocycles. The molecule has 5 atom stereocenters. The molecule has 2 aromatic rings. The van der Waals surface area contributed by atoms with Gasteiger partial charge in [-0.2, -0.15) is 0 Å². The molecule has 1 unspecified atom stereocenters. The van der Waals surface area contributed by atoms with Gasteiger partial charge >= 0.3 is 0 Å². The second-order valence-electron chi connectivity index (χ2n) is 9.98. The first-order chi connectivity index (χ1) is 16.0. The Hall–Kier alpha value is -2.20. The molecule has 5 heteroatoms. The highest BCUT2D eigenvalue weighted by atomic mass is 32.1. The predicted octanol–water partition coefficient (Wildman–Crippen LogP) is 5.95. The molecule has 0 spiro atoms. The highest BCUT2D eigenvalue weighted by molar-refractivity contribution is 7.78. The van der Waals surface area contributed by atoms with Gasteiger partial charge in [0.15, 0.2) is 11.5 Å². The predicted molar refractivity (Wildman–Crippen MR) is 135 cm³/mol. The Balaban J connectivity index is 0.000000200. The monoisotopic (exact) mass is 465 g/mol. The zero-order valence-electron chi connectivity index (χ0n) is 19.7. The third kappa shape index (κ3) is 4.87. The van der Waals surface area contributed by atoms with Crippen LogP contribution in [0, 0.1) is 17.3 Å². The summed E-state index contributed by atoms with van der Waals surface area (Å²) in [6, 6.07) is 14.2. The zero-order chi connectivity index (χ0) is 23.4. The first-order valence-corrected chi connectivity index (χ1v) is 12.5. The van der Waals surface area contributed by atoms with Gasteiger partial charge in [-0.3, -0.25) is 0 Å². The van der Waals surface area contributed by atoms with E-state index >= 15 is 0 Å². The summed E-state index contributed by atoms with van der Waals surface area (Å²) in [7, 11) is 1.62. The van der Waals surface area contributed by atoms with Crippen LogP contribution in [0.15, 0.2) is 47.5 Å². The van der Waals surface area contributed by atoms with E-state index in [1.165, 1.54) is 29.5 Å². The molecule has 2 fully saturated rings. The fourth-order valence-corrected chi connectivity index (χ4v) is 6.69. The fourth-order valence-electron chi connectivity index (χ4n) is 6.60. The van der Waals surface area contributed by atoms with Gasteiger partial charge in [-0.05, 0) is 109 Å². The molecule has 2 N–H and O–H groups in total. The van der Waals surface area contributed by atoms with Crippen LogP contribution >= 0.6 is 12.2 Å². The number of aryl methyl sites for hydroxylation is 1. The van der Waals surface area contributed by atoms with E-state index in [0.29, 0.717) is 23.5 Å². The number of hydrogen-bond donors (Lipinski definition) is 2. The number of aliphatic hydroxyl groups is 1. The first kappa shape index (κ1) is 23.9. The van der Waals surface area contributed by atoms with Crippen LogP contribution in [-0.2, 0) is 12.8 Å². The normalized spacial score (nSPS) is 29.4. The number of isothiocyanates is 1. The van der Waals surface area contributed by atoms with Gasteiger partial charge in [0.2, 0.25) is 0 Å². The van der Waals surface area contributed by atoms with Crippen molar-refractivity contribution in [2.75, 3.05) is 13.7 Å². The third-order valence-corrected chi connectivity index (χ3v) is 8.52. The maximum Gasteiger partial charge on any atom is 0.160 e. The number of aliphatic hydroxyl groups excluding tert-OH is 1. The molecule has 4 nitrogen and oxygen atoms in total. The Morgan fingerprint density at radius 2 is 1.94 bits per heavy atom. The van der Waals surface area contributed by atoms with Crippen molar-refractivity contribution in [3.8, 4) is 11.5 Å². The molecular weight excluding hydrogens is 430 g/mol. The van der Waals surface area contributed by atoms with Gasteiger partial charge in [0, 0.05) is 0 Å². The maximum atomic E-state index is 10.4. The number of phenols is 1. The summed E-state index contributed by atoms with van der Waals surface area (Å²) in [4.78, 5) is 3.83. The van der Waals surface area contributed by atoms with Crippen LogP contribution < -0.4 is 4.74 Å². The number of aliphatic imine (C=N–C) groups is 1. The lowest BCUT2D eigenvalue weighted by Gasteiger charge is -2.50. The lowest BCUT2D eigenvalue weighted by atomic mass is 9.55. The summed E-state index contributed by atoms with van der Waals surface area (Å²) in [5.41, 5.74) is 4.09. The molecule has 2 aromatic carbocycles. The minimum Gasteiger partial charge on any atom is -0.504 e. The summed E-state index contributed by atoms with van der Waals surface area (Å²) < 4.78 is 5.32. The Morgan fingerprint density at radius 3 is 2.67 bits per heavy atom. The van der Waals surface area contributed by atoms with E-state index in [4.69, 9.17) is 4.74 Å². The van der Waals surface area contributed by atoms with E-state index in [1.54, 1.807) is 7.11 Å². The average molecular weight is 466 g/mol. The third-order valence-electron chi connectivity index (χ3n) is 8.39. The van der Waals surface area contributed by atoms with E-state index in [-0.39, 0.29) is 17.3 Å². The minimum absolute atomic E-state index is 0.116. The highest BCUT2D eigenvalue weighted by Crippen LogP contribution is 2.61. The largest absolute Gasteiger partial charge is 0.504 e. The molecule has 0 saturated heterocycles. The van der Waals surface area contributed by atoms with Crippen LogP contribution in [0.3, 0.4) is 0 Å². The molecule has 5 rings (SSSR count). The average Bonchev–Trinajstić information content (AvgIpc) is 3.14. The molecule has 0 aromatic heterocycles. The van der Waals surface area contributed by atoms with Crippen LogP contribution in [-0.4, -0.2) is 35.1 Å². The summed E-state index contributed by atoms with van der Waals surface area (Å²) in [6.45, 7) is 3.05. The van der Waals surface area contributed by atoms with Crippen molar-refractivity contribution in [3.63, 3.8) is 0 Å². The van der Waals surface area contributed by atoms with Crippen LogP contribution in [0.25, 0.3) is 0 Å². The Morgan fingerprint density at radius 1 is 1.15 bits per heavy atom. The van der Waals surface area contributed by atoms with Gasteiger partial charge < -0.3 is 14.9 Å². The van der Waals surface area contributed by atoms with E-state index in [2.05, 4.69) is 47.5 Å². The van der Waals surface area contributed by atoms with E-state index < -0.39 is 0 Å². The number of fused-ring (bicyclic) bond motifs is 5. The molecule has 0 heterocycles. The maximum absolute atomic E-state index is 10.4. The summed E-state index contributed by atoms with van der Waals surface area (Å²) in [6.07, 6.45) is 7.46. The molecule has 0 amide bonds. The Kier molecular flexibility index (Phi) is 7.53. The number of ether oxygens (including phenoxy) is 1. The Bertz CT molecular complexity index is 1000. The van der Waals surface area contributed by atoms with Crippen molar-refractivity contribution in [1.82, 2.24) is 0 Å². The number of rotatable bonds is 4. The van der Waals surface area contributed by atoms with Crippen molar-refractivity contribution < 1.29 is 14.9 Å². The Labute approximate surface area is 202 Å². The topological polar surface area (TPSA) is 62.0 Å². The molecule has 3 aliphatic rings. The first-order valence-electron chi connectivity index (χ1n) is 12.1. The number of nitrogens with zero attached hydrogens (tertiary/aromatic N) is 1. The fraction of sp³-hybridized carbons (Fsp3) is 0.536. The SMILES string of the molecule is COc1cc2c(cc1O)CC[C@@H]1[C@@H]2CC[C@]2(C)C(O)CC[C@@H]12.S=C=NCCc1ccccc1. The summed E-state index contributed by atoms with van der Waals surface area (Å²) in [5.74, 6) is 2.75. The molecule has 33 heavy (non-hydrogen) atoms. The molecule has 2 saturated carbocycles. The number of hydrogen-bond acceptors (Lipinski definition) is 5. The van der Waals surface area contributed by atoms with Crippen LogP contribution in [0.2, 0.25) is 0 Å². The molecule has 176 valence electrons. The number of methoxy groups -OCH3 is 1. The highest BCUT2D eigenvalue weighted by Gasteiger charge is 2.54. The standard InChI is InChI=1S/C19H26O3.C9H9NS/c1-19-8-7-12-13(15(19)5-6-18(19)21)4-3-11-9-16(20)17(22-2)10-14(11)12;11-8-10-7-6-9-4-2-1-3-5-9/h9-10,12-13,15,18,20-21H,3-8H2,1-2H3;1-5H,6-7H2/t12-,13+,15-,18?,19-;/m0./s1. The van der Waals surface area contributed by atoms with E-state index in [1.807, 2.05) is 24.3 Å². The van der Waals surface area contributed by atoms with Crippen molar-refractivity contribution in [2.24, 2.45) is 22.2 Å². The van der Waals surface area contributed by atoms with Crippen molar-refractivity contribution in [3.05, 3.63) is 59.2 Å². The van der Waals surface area contributed by atoms with Crippen molar-refractivity contribution in [1.29, 1.82) is 0 Å². The smallest absolute Gasteiger partial charge is 0.160 e. The quantitative estimate of drug-likeness (QED) is 0.433. The van der Waals surface area contributed by atoms with Crippen LogP contribution in [0.5, 0.6) is 11.5 Å². The summed E-state index contributed by atoms with van der Waals surface area (Å²) >= 11 is 4.45. The van der Waals surface area contributed by atoms with E-state index in [9.17, 15) is 10.2 Å². The molecular formula is C28H35NO3S. The lowest BCUT2D eigenvalue weighted by Crippen LogP contribution is -2.43. The summed E-state index contributed by atoms with van der Waals surface area (Å²) in [5, 5.41) is 22.8. The second-order valence-corrected chi connectivity index (χ2v) is 10.2. The minimum atomic E-state index is -0.116. The van der Waals surface area contributed by atoms with E-state index in [0.717, 1.165) is 38.6 Å². The number of thiocarbonyl (C=S) groups is 1. The van der Waals surface area contributed by atoms with Gasteiger partial charge in [0.05, 0.1) is 24.9 Å². The molecule has 0 bridgehead atoms. The zero-order valence-corrected chi connectivity index (χ0v) is 20.5. The molecule has 3 aliphatic carbocycles. The lowest BCUT2D eigenvalue weighted by molar-refractivity contribution is -0.0226. The second kappa shape index (κ2) is 10.4. The van der Waals surface area contributed by atoms with Gasteiger partial charge in [-0.15, -0.1) is 0 Å². The number of phenolic OH excluding ortho intramolecular Hbond substituents is 1. The number of aromatic hydroxyl groups is 1. The van der Waals surface area contributed by atoms with Crippen molar-refractivity contribution in [2.45, 2.75) is 63.9 Å². The van der Waals surface area contributed by atoms with Crippen molar-refractivity contribution >= 4 is 17.4 Å². The van der Waals surface area contributed by atoms with Crippen LogP contribution in [0.1, 0.15) is 61.6 Å². The van der Waals surface area contributed by atoms with Gasteiger partial charge in [-0.25, -0.2) is 4.99 Å². The molecule has 0 radical (unpaired) electrons. The van der Waals surface area contributed by atoms with Crippen LogP contribution in [0.4, 0.5) is 0 Å².